The van der Waals surface area contributed by atoms with Gasteiger partial charge in [-0.2, -0.15) is 0 Å². The number of carbonyl (C=O) groups excluding carboxylic acids is 3. The number of imidazole rings is 1. The van der Waals surface area contributed by atoms with Crippen LogP contribution in [-0.2, 0) is 26.3 Å². The zero-order valence-corrected chi connectivity index (χ0v) is 27.7. The first-order valence-corrected chi connectivity index (χ1v) is 16.3. The fourth-order valence-electron chi connectivity index (χ4n) is 6.37. The third kappa shape index (κ3) is 7.73. The summed E-state index contributed by atoms with van der Waals surface area (Å²) in [5.41, 5.74) is 3.90. The maximum absolute atomic E-state index is 13.7. The molecule has 5 rings (SSSR count). The van der Waals surface area contributed by atoms with Crippen molar-refractivity contribution in [2.75, 3.05) is 19.6 Å². The van der Waals surface area contributed by atoms with Gasteiger partial charge in [0.15, 0.2) is 0 Å². The van der Waals surface area contributed by atoms with Crippen LogP contribution in [0.3, 0.4) is 0 Å². The van der Waals surface area contributed by atoms with Crippen LogP contribution in [0, 0.1) is 6.92 Å². The van der Waals surface area contributed by atoms with Crippen LogP contribution in [-0.4, -0.2) is 63.6 Å². The Hall–Kier alpha value is -4.92. The molecule has 0 aliphatic carbocycles. The van der Waals surface area contributed by atoms with Gasteiger partial charge in [-0.05, 0) is 63.6 Å². The molecule has 1 aliphatic rings. The van der Waals surface area contributed by atoms with Crippen LogP contribution in [0.1, 0.15) is 68.1 Å². The van der Waals surface area contributed by atoms with Gasteiger partial charge in [-0.25, -0.2) is 9.78 Å². The Morgan fingerprint density at radius 2 is 1.45 bits per heavy atom. The van der Waals surface area contributed by atoms with Gasteiger partial charge in [0.2, 0.25) is 11.8 Å². The summed E-state index contributed by atoms with van der Waals surface area (Å²) >= 11 is 0. The lowest BCUT2D eigenvalue weighted by molar-refractivity contribution is -0.133. The van der Waals surface area contributed by atoms with E-state index >= 15 is 0 Å². The van der Waals surface area contributed by atoms with Crippen LogP contribution in [0.4, 0.5) is 4.79 Å². The van der Waals surface area contributed by atoms with Crippen LogP contribution in [0.5, 0.6) is 0 Å². The Bertz CT molecular complexity index is 1550. The maximum atomic E-state index is 13.7. The number of amides is 3. The van der Waals surface area contributed by atoms with Gasteiger partial charge in [-0.1, -0.05) is 91.0 Å². The van der Waals surface area contributed by atoms with E-state index in [1.165, 1.54) is 0 Å². The van der Waals surface area contributed by atoms with Crippen molar-refractivity contribution in [3.8, 4) is 0 Å². The molecule has 1 saturated heterocycles. The second-order valence-corrected chi connectivity index (χ2v) is 13.0. The standard InChI is InChI=1S/C38H45N5O4/c1-28-32(21-14-22-33(41-36(46)47-37(2,3)4)35(45)42-25-23-34(44)39-24-26-42)40-27-43(28)38(29-15-8-5-9-16-29,30-17-10-6-11-18-30)31-19-12-7-13-20-31/h5-13,15-20,27,33H,14,21-26H2,1-4H3,(H,39,44)(H,41,46)/t33-/m0/s1. The van der Waals surface area contributed by atoms with E-state index in [1.807, 2.05) is 24.5 Å². The molecule has 0 radical (unpaired) electrons. The molecule has 246 valence electrons. The predicted octanol–water partition coefficient (Wildman–Crippen LogP) is 5.60. The number of nitrogens with zero attached hydrogens (tertiary/aromatic N) is 3. The number of rotatable bonds is 10. The fraction of sp³-hybridized carbons (Fsp3) is 0.368. The van der Waals surface area contributed by atoms with Gasteiger partial charge < -0.3 is 24.8 Å². The van der Waals surface area contributed by atoms with Crippen LogP contribution >= 0.6 is 0 Å². The van der Waals surface area contributed by atoms with Crippen molar-refractivity contribution in [2.24, 2.45) is 0 Å². The minimum atomic E-state index is -0.794. The second kappa shape index (κ2) is 14.7. The number of hydrogen-bond acceptors (Lipinski definition) is 5. The Morgan fingerprint density at radius 1 is 0.894 bits per heavy atom. The molecule has 0 unspecified atom stereocenters. The third-order valence-corrected chi connectivity index (χ3v) is 8.56. The molecular formula is C38H45N5O4. The van der Waals surface area contributed by atoms with E-state index < -0.39 is 23.3 Å². The highest BCUT2D eigenvalue weighted by atomic mass is 16.6. The molecule has 1 aromatic heterocycles. The number of carbonyl (C=O) groups is 3. The molecule has 0 bridgehead atoms. The zero-order valence-electron chi connectivity index (χ0n) is 27.7. The highest BCUT2D eigenvalue weighted by molar-refractivity contribution is 5.86. The van der Waals surface area contributed by atoms with E-state index in [0.717, 1.165) is 28.1 Å². The Morgan fingerprint density at radius 3 is 1.98 bits per heavy atom. The highest BCUT2D eigenvalue weighted by Crippen LogP contribution is 2.42. The molecule has 0 saturated carbocycles. The highest BCUT2D eigenvalue weighted by Gasteiger charge is 2.39. The number of aryl methyl sites for hydroxylation is 1. The molecule has 4 aromatic rings. The van der Waals surface area contributed by atoms with Crippen molar-refractivity contribution in [3.05, 3.63) is 125 Å². The van der Waals surface area contributed by atoms with E-state index in [2.05, 4.69) is 94.9 Å². The lowest BCUT2D eigenvalue weighted by Crippen LogP contribution is -2.50. The summed E-state index contributed by atoms with van der Waals surface area (Å²) in [4.78, 5) is 45.0. The zero-order chi connectivity index (χ0) is 33.4. The summed E-state index contributed by atoms with van der Waals surface area (Å²) in [5, 5.41) is 5.62. The molecule has 3 amide bonds. The van der Waals surface area contributed by atoms with Gasteiger partial charge in [0.05, 0.1) is 12.0 Å². The van der Waals surface area contributed by atoms with Crippen molar-refractivity contribution in [3.63, 3.8) is 0 Å². The van der Waals surface area contributed by atoms with Crippen LogP contribution < -0.4 is 10.6 Å². The topological polar surface area (TPSA) is 106 Å². The summed E-state index contributed by atoms with van der Waals surface area (Å²) in [6.07, 6.45) is 3.10. The Balaban J connectivity index is 1.44. The van der Waals surface area contributed by atoms with Gasteiger partial charge in [-0.15, -0.1) is 0 Å². The lowest BCUT2D eigenvalue weighted by Gasteiger charge is -2.38. The normalized spacial score (nSPS) is 14.6. The molecule has 9 heteroatoms. The van der Waals surface area contributed by atoms with Gasteiger partial charge in [-0.3, -0.25) is 9.59 Å². The smallest absolute Gasteiger partial charge is 0.408 e. The quantitative estimate of drug-likeness (QED) is 0.221. The number of benzene rings is 3. The number of ether oxygens (including phenoxy) is 1. The summed E-state index contributed by atoms with van der Waals surface area (Å²) in [7, 11) is 0. The summed E-state index contributed by atoms with van der Waals surface area (Å²) in [5.74, 6) is -0.300. The average molecular weight is 636 g/mol. The van der Waals surface area contributed by atoms with Gasteiger partial charge in [0.25, 0.3) is 0 Å². The van der Waals surface area contributed by atoms with Crippen LogP contribution in [0.25, 0.3) is 0 Å². The molecule has 9 nitrogen and oxygen atoms in total. The lowest BCUT2D eigenvalue weighted by atomic mass is 9.76. The Labute approximate surface area is 277 Å². The first kappa shape index (κ1) is 33.4. The van der Waals surface area contributed by atoms with Gasteiger partial charge >= 0.3 is 6.09 Å². The first-order valence-electron chi connectivity index (χ1n) is 16.3. The second-order valence-electron chi connectivity index (χ2n) is 13.0. The van der Waals surface area contributed by atoms with Crippen molar-refractivity contribution in [2.45, 2.75) is 70.6 Å². The maximum Gasteiger partial charge on any atom is 0.408 e. The number of alkyl carbamates (subject to hydrolysis) is 1. The Kier molecular flexibility index (Phi) is 10.4. The van der Waals surface area contributed by atoms with Crippen molar-refractivity contribution in [1.29, 1.82) is 0 Å². The fourth-order valence-corrected chi connectivity index (χ4v) is 6.37. The molecule has 1 fully saturated rings. The molecule has 2 N–H and O–H groups in total. The van der Waals surface area contributed by atoms with E-state index in [-0.39, 0.29) is 18.2 Å². The van der Waals surface area contributed by atoms with Crippen LogP contribution in [0.2, 0.25) is 0 Å². The van der Waals surface area contributed by atoms with Gasteiger partial charge in [0, 0.05) is 31.7 Å². The predicted molar refractivity (Wildman–Crippen MR) is 182 cm³/mol. The van der Waals surface area contributed by atoms with Crippen molar-refractivity contribution >= 4 is 17.9 Å². The largest absolute Gasteiger partial charge is 0.444 e. The SMILES string of the molecule is Cc1c(CCC[C@H](NC(=O)OC(C)(C)C)C(=O)N2CCNC(=O)CC2)ncn1C(c1ccccc1)(c1ccccc1)c1ccccc1. The van der Waals surface area contributed by atoms with Gasteiger partial charge in [0.1, 0.15) is 17.2 Å². The van der Waals surface area contributed by atoms with E-state index in [1.54, 1.807) is 25.7 Å². The minimum Gasteiger partial charge on any atom is -0.444 e. The molecule has 0 spiro atoms. The third-order valence-electron chi connectivity index (χ3n) is 8.56. The molecule has 3 aromatic carbocycles. The van der Waals surface area contributed by atoms with Crippen LogP contribution in [0.15, 0.2) is 97.3 Å². The average Bonchev–Trinajstić information content (AvgIpc) is 3.27. The number of aromatic nitrogens is 2. The van der Waals surface area contributed by atoms with Crippen molar-refractivity contribution < 1.29 is 19.1 Å². The summed E-state index contributed by atoms with van der Waals surface area (Å²) in [6.45, 7) is 8.53. The summed E-state index contributed by atoms with van der Waals surface area (Å²) < 4.78 is 7.75. The van der Waals surface area contributed by atoms with E-state index in [9.17, 15) is 14.4 Å². The molecule has 47 heavy (non-hydrogen) atoms. The number of nitrogens with one attached hydrogen (secondary N) is 2. The minimum absolute atomic E-state index is 0.0828. The monoisotopic (exact) mass is 635 g/mol. The molecular weight excluding hydrogens is 590 g/mol. The van der Waals surface area contributed by atoms with E-state index in [4.69, 9.17) is 9.72 Å². The molecule has 2 heterocycles. The number of hydrogen-bond donors (Lipinski definition) is 2. The van der Waals surface area contributed by atoms with E-state index in [0.29, 0.717) is 38.9 Å². The van der Waals surface area contributed by atoms with Crippen molar-refractivity contribution in [1.82, 2.24) is 25.1 Å². The summed E-state index contributed by atoms with van der Waals surface area (Å²) in [6, 6.07) is 30.6. The molecule has 1 atom stereocenters. The first-order chi connectivity index (χ1) is 22.6. The molecule has 1 aliphatic heterocycles.